The third-order valence-electron chi connectivity index (χ3n) is 3.27. The Balaban J connectivity index is 2.49. The molecular formula is C12H23N. The second kappa shape index (κ2) is 5.31. The van der Waals surface area contributed by atoms with Crippen molar-refractivity contribution >= 4 is 0 Å². The predicted molar refractivity (Wildman–Crippen MR) is 58.7 cm³/mol. The minimum Gasteiger partial charge on any atom is -0.375 e. The Morgan fingerprint density at radius 2 is 1.92 bits per heavy atom. The second-order valence-corrected chi connectivity index (χ2v) is 4.04. The van der Waals surface area contributed by atoms with Gasteiger partial charge in [0.15, 0.2) is 0 Å². The van der Waals surface area contributed by atoms with Crippen molar-refractivity contribution in [3.63, 3.8) is 0 Å². The highest BCUT2D eigenvalue weighted by Crippen LogP contribution is 2.24. The van der Waals surface area contributed by atoms with Gasteiger partial charge in [0.2, 0.25) is 0 Å². The number of hydrogen-bond donors (Lipinski definition) is 0. The number of rotatable bonds is 3. The molecule has 1 saturated carbocycles. The van der Waals surface area contributed by atoms with Crippen LogP contribution in [0.5, 0.6) is 0 Å². The number of nitrogens with zero attached hydrogens (tertiary/aromatic N) is 1. The lowest BCUT2D eigenvalue weighted by Gasteiger charge is -2.34. The molecule has 1 aliphatic rings. The van der Waals surface area contributed by atoms with Crippen LogP contribution in [0.25, 0.3) is 0 Å². The van der Waals surface area contributed by atoms with E-state index in [0.29, 0.717) is 0 Å². The lowest BCUT2D eigenvalue weighted by atomic mass is 9.94. The normalized spacial score (nSPS) is 20.4. The molecule has 1 rings (SSSR count). The van der Waals surface area contributed by atoms with E-state index in [1.165, 1.54) is 44.2 Å². The average Bonchev–Trinajstić information content (AvgIpc) is 2.21. The van der Waals surface area contributed by atoms with Crippen LogP contribution in [0.2, 0.25) is 0 Å². The monoisotopic (exact) mass is 181 g/mol. The Bertz CT molecular complexity index is 166. The zero-order chi connectivity index (χ0) is 9.68. The summed E-state index contributed by atoms with van der Waals surface area (Å²) in [6, 6.07) is 0.819. The molecule has 0 atom stereocenters. The van der Waals surface area contributed by atoms with Gasteiger partial charge in [0.05, 0.1) is 0 Å². The summed E-state index contributed by atoms with van der Waals surface area (Å²) >= 11 is 0. The Hall–Kier alpha value is -0.460. The topological polar surface area (TPSA) is 3.24 Å². The maximum absolute atomic E-state index is 2.50. The van der Waals surface area contributed by atoms with E-state index in [2.05, 4.69) is 31.9 Å². The van der Waals surface area contributed by atoms with Crippen LogP contribution in [-0.4, -0.2) is 18.0 Å². The van der Waals surface area contributed by atoms with Crippen LogP contribution < -0.4 is 0 Å². The zero-order valence-corrected chi connectivity index (χ0v) is 9.34. The highest BCUT2D eigenvalue weighted by molar-refractivity contribution is 5.00. The molecular weight excluding hydrogens is 158 g/mol. The van der Waals surface area contributed by atoms with Crippen molar-refractivity contribution in [2.24, 2.45) is 0 Å². The Morgan fingerprint density at radius 1 is 1.31 bits per heavy atom. The third-order valence-corrected chi connectivity index (χ3v) is 3.27. The molecule has 1 nitrogen and oxygen atoms in total. The van der Waals surface area contributed by atoms with Crippen LogP contribution in [0, 0.1) is 0 Å². The summed E-state index contributed by atoms with van der Waals surface area (Å²) in [5, 5.41) is 0. The standard InChI is InChI=1S/C12H23N/c1-4-11(5-2)13(3)12-9-7-6-8-10-12/h4,12H,5-10H2,1-3H3/b11-4-. The van der Waals surface area contributed by atoms with E-state index in [9.17, 15) is 0 Å². The zero-order valence-electron chi connectivity index (χ0n) is 9.34. The molecule has 1 heteroatoms. The van der Waals surface area contributed by atoms with Crippen LogP contribution in [0.4, 0.5) is 0 Å². The molecule has 0 heterocycles. The summed E-state index contributed by atoms with van der Waals surface area (Å²) in [5.74, 6) is 0. The maximum atomic E-state index is 2.50. The van der Waals surface area contributed by atoms with Gasteiger partial charge >= 0.3 is 0 Å². The van der Waals surface area contributed by atoms with Gasteiger partial charge in [-0.05, 0) is 26.2 Å². The van der Waals surface area contributed by atoms with Crippen molar-refractivity contribution in [2.75, 3.05) is 7.05 Å². The molecule has 13 heavy (non-hydrogen) atoms. The summed E-state index contributed by atoms with van der Waals surface area (Å²) in [7, 11) is 2.26. The fourth-order valence-electron chi connectivity index (χ4n) is 2.36. The smallest absolute Gasteiger partial charge is 0.0283 e. The third kappa shape index (κ3) is 2.75. The number of allylic oxidation sites excluding steroid dienone is 2. The molecule has 0 bridgehead atoms. The van der Waals surface area contributed by atoms with E-state index in [0.717, 1.165) is 6.04 Å². The summed E-state index contributed by atoms with van der Waals surface area (Å²) in [6.45, 7) is 4.40. The Labute approximate surface area is 82.8 Å². The SMILES string of the molecule is C/C=C(/CC)N(C)C1CCCCC1. The van der Waals surface area contributed by atoms with E-state index >= 15 is 0 Å². The van der Waals surface area contributed by atoms with E-state index < -0.39 is 0 Å². The maximum Gasteiger partial charge on any atom is 0.0283 e. The summed E-state index contributed by atoms with van der Waals surface area (Å²) in [6.07, 6.45) is 10.5. The molecule has 0 unspecified atom stereocenters. The molecule has 0 spiro atoms. The lowest BCUT2D eigenvalue weighted by Crippen LogP contribution is -2.32. The summed E-state index contributed by atoms with van der Waals surface area (Å²) in [4.78, 5) is 2.50. The van der Waals surface area contributed by atoms with Gasteiger partial charge in [-0.1, -0.05) is 32.3 Å². The fourth-order valence-corrected chi connectivity index (χ4v) is 2.36. The first-order valence-electron chi connectivity index (χ1n) is 5.67. The van der Waals surface area contributed by atoms with Crippen LogP contribution in [-0.2, 0) is 0 Å². The predicted octanol–water partition coefficient (Wildman–Crippen LogP) is 3.56. The van der Waals surface area contributed by atoms with Gasteiger partial charge in [-0.2, -0.15) is 0 Å². The molecule has 0 aromatic rings. The van der Waals surface area contributed by atoms with Crippen molar-refractivity contribution in [3.05, 3.63) is 11.8 Å². The van der Waals surface area contributed by atoms with E-state index in [4.69, 9.17) is 0 Å². The molecule has 0 N–H and O–H groups in total. The largest absolute Gasteiger partial charge is 0.375 e. The van der Waals surface area contributed by atoms with E-state index in [1.54, 1.807) is 0 Å². The minimum atomic E-state index is 0.819. The quantitative estimate of drug-likeness (QED) is 0.643. The summed E-state index contributed by atoms with van der Waals surface area (Å²) < 4.78 is 0. The summed E-state index contributed by atoms with van der Waals surface area (Å²) in [5.41, 5.74) is 1.51. The first-order valence-corrected chi connectivity index (χ1v) is 5.67. The van der Waals surface area contributed by atoms with Gasteiger partial charge in [0, 0.05) is 18.8 Å². The lowest BCUT2D eigenvalue weighted by molar-refractivity contribution is 0.231. The molecule has 0 aliphatic heterocycles. The van der Waals surface area contributed by atoms with Gasteiger partial charge < -0.3 is 4.90 Å². The molecule has 1 fully saturated rings. The van der Waals surface area contributed by atoms with Crippen LogP contribution >= 0.6 is 0 Å². The van der Waals surface area contributed by atoms with Crippen LogP contribution in [0.3, 0.4) is 0 Å². The molecule has 1 aliphatic carbocycles. The second-order valence-electron chi connectivity index (χ2n) is 4.04. The highest BCUT2D eigenvalue weighted by atomic mass is 15.1. The molecule has 0 radical (unpaired) electrons. The van der Waals surface area contributed by atoms with Crippen LogP contribution in [0.1, 0.15) is 52.4 Å². The van der Waals surface area contributed by atoms with E-state index in [1.807, 2.05) is 0 Å². The average molecular weight is 181 g/mol. The fraction of sp³-hybridized carbons (Fsp3) is 0.833. The van der Waals surface area contributed by atoms with Crippen LogP contribution in [0.15, 0.2) is 11.8 Å². The molecule has 0 amide bonds. The van der Waals surface area contributed by atoms with Gasteiger partial charge in [-0.25, -0.2) is 0 Å². The van der Waals surface area contributed by atoms with Crippen molar-refractivity contribution in [1.29, 1.82) is 0 Å². The highest BCUT2D eigenvalue weighted by Gasteiger charge is 2.18. The van der Waals surface area contributed by atoms with Gasteiger partial charge in [-0.3, -0.25) is 0 Å². The van der Waals surface area contributed by atoms with Crippen molar-refractivity contribution in [3.8, 4) is 0 Å². The molecule has 0 saturated heterocycles. The number of hydrogen-bond acceptors (Lipinski definition) is 1. The van der Waals surface area contributed by atoms with Gasteiger partial charge in [-0.15, -0.1) is 0 Å². The first kappa shape index (κ1) is 10.6. The molecule has 0 aromatic heterocycles. The van der Waals surface area contributed by atoms with Crippen molar-refractivity contribution in [2.45, 2.75) is 58.4 Å². The van der Waals surface area contributed by atoms with Crippen molar-refractivity contribution < 1.29 is 0 Å². The molecule has 76 valence electrons. The Morgan fingerprint density at radius 3 is 2.38 bits per heavy atom. The van der Waals surface area contributed by atoms with Gasteiger partial charge in [0.1, 0.15) is 0 Å². The Kier molecular flexibility index (Phi) is 4.34. The minimum absolute atomic E-state index is 0.819. The van der Waals surface area contributed by atoms with Gasteiger partial charge in [0.25, 0.3) is 0 Å². The van der Waals surface area contributed by atoms with E-state index in [-0.39, 0.29) is 0 Å². The molecule has 0 aromatic carbocycles. The van der Waals surface area contributed by atoms with Crippen molar-refractivity contribution in [1.82, 2.24) is 4.90 Å². The first-order chi connectivity index (χ1) is 6.29.